The van der Waals surface area contributed by atoms with Crippen LogP contribution in [-0.2, 0) is 9.53 Å². The van der Waals surface area contributed by atoms with E-state index in [1.807, 2.05) is 6.92 Å². The number of aliphatic hydroxyl groups excluding tert-OH is 1. The third-order valence-corrected chi connectivity index (χ3v) is 5.16. The number of ether oxygens (including phenoxy) is 1. The summed E-state index contributed by atoms with van der Waals surface area (Å²) in [4.78, 5) is 11.4. The van der Waals surface area contributed by atoms with Crippen LogP contribution in [0, 0.1) is 23.2 Å². The van der Waals surface area contributed by atoms with E-state index in [1.54, 1.807) is 0 Å². The summed E-state index contributed by atoms with van der Waals surface area (Å²) in [5.41, 5.74) is -0.00901. The zero-order valence-electron chi connectivity index (χ0n) is 9.49. The van der Waals surface area contributed by atoms with Crippen LogP contribution < -0.4 is 0 Å². The van der Waals surface area contributed by atoms with E-state index < -0.39 is 17.7 Å². The second kappa shape index (κ2) is 2.40. The molecule has 5 atom stereocenters. The molecule has 0 aromatic heterocycles. The van der Waals surface area contributed by atoms with Gasteiger partial charge in [0.2, 0.25) is 0 Å². The minimum absolute atomic E-state index is 0.0213. The molecule has 3 nitrogen and oxygen atoms in total. The van der Waals surface area contributed by atoms with Crippen molar-refractivity contribution in [1.29, 1.82) is 0 Å². The maximum atomic E-state index is 11.4. The predicted molar refractivity (Wildman–Crippen MR) is 54.0 cm³/mol. The number of hydrogen-bond acceptors (Lipinski definition) is 3. The molecule has 0 spiro atoms. The van der Waals surface area contributed by atoms with Gasteiger partial charge in [0.25, 0.3) is 0 Å². The van der Waals surface area contributed by atoms with Crippen LogP contribution in [0.15, 0.2) is 0 Å². The molecule has 3 rings (SSSR count). The summed E-state index contributed by atoms with van der Waals surface area (Å²) < 4.78 is 5.37. The molecule has 3 aliphatic rings. The highest BCUT2D eigenvalue weighted by Gasteiger charge is 2.68. The Hall–Kier alpha value is -0.570. The molecule has 1 aliphatic heterocycles. The van der Waals surface area contributed by atoms with Gasteiger partial charge < -0.3 is 9.84 Å². The first kappa shape index (κ1) is 9.64. The van der Waals surface area contributed by atoms with Gasteiger partial charge in [-0.15, -0.1) is 0 Å². The van der Waals surface area contributed by atoms with Crippen LogP contribution in [0.3, 0.4) is 0 Å². The van der Waals surface area contributed by atoms with Crippen LogP contribution in [0.4, 0.5) is 0 Å². The van der Waals surface area contributed by atoms with Gasteiger partial charge in [0, 0.05) is 5.92 Å². The molecule has 0 radical (unpaired) electrons. The van der Waals surface area contributed by atoms with Crippen molar-refractivity contribution >= 4 is 5.97 Å². The Morgan fingerprint density at radius 3 is 2.60 bits per heavy atom. The van der Waals surface area contributed by atoms with E-state index in [0.717, 1.165) is 12.8 Å². The largest absolute Gasteiger partial charge is 0.457 e. The van der Waals surface area contributed by atoms with Crippen LogP contribution in [0.2, 0.25) is 0 Å². The molecule has 1 N–H and O–H groups in total. The van der Waals surface area contributed by atoms with Crippen LogP contribution in [0.25, 0.3) is 0 Å². The van der Waals surface area contributed by atoms with E-state index in [2.05, 4.69) is 13.8 Å². The van der Waals surface area contributed by atoms with Crippen LogP contribution in [0.5, 0.6) is 0 Å². The monoisotopic (exact) mass is 210 g/mol. The van der Waals surface area contributed by atoms with Gasteiger partial charge in [0.1, 0.15) is 5.60 Å². The SMILES string of the molecule is CC1(C)[C@@H]2C[C@H]3[C@@H](O)C(=O)O[C@@]3(C)C[C@@H]21. The first-order valence-corrected chi connectivity index (χ1v) is 5.77. The minimum Gasteiger partial charge on any atom is -0.457 e. The Kier molecular flexibility index (Phi) is 1.54. The normalized spacial score (nSPS) is 55.6. The van der Waals surface area contributed by atoms with Crippen molar-refractivity contribution in [3.8, 4) is 0 Å². The number of esters is 1. The average Bonchev–Trinajstić information content (AvgIpc) is 2.54. The van der Waals surface area contributed by atoms with E-state index >= 15 is 0 Å². The van der Waals surface area contributed by atoms with E-state index in [9.17, 15) is 9.90 Å². The average molecular weight is 210 g/mol. The molecule has 0 amide bonds. The third-order valence-electron chi connectivity index (χ3n) is 5.16. The Labute approximate surface area is 89.8 Å². The Bertz CT molecular complexity index is 336. The highest BCUT2D eigenvalue weighted by Crippen LogP contribution is 2.69. The highest BCUT2D eigenvalue weighted by atomic mass is 16.6. The molecular weight excluding hydrogens is 192 g/mol. The number of rotatable bonds is 0. The van der Waals surface area contributed by atoms with E-state index in [0.29, 0.717) is 17.3 Å². The molecule has 2 aliphatic carbocycles. The minimum atomic E-state index is -0.882. The summed E-state index contributed by atoms with van der Waals surface area (Å²) in [6.07, 6.45) is 0.992. The van der Waals surface area contributed by atoms with Gasteiger partial charge in [0.15, 0.2) is 6.10 Å². The summed E-state index contributed by atoms with van der Waals surface area (Å²) in [5, 5.41) is 9.79. The number of carbonyl (C=O) groups excluding carboxylic acids is 1. The standard InChI is InChI=1S/C12H18O3/c1-11(2)6-4-7-9(13)10(14)15-12(7,3)5-8(6)11/h6-9,13H,4-5H2,1-3H3/t6-,7+,8+,9-,12+/m1/s1. The maximum Gasteiger partial charge on any atom is 0.335 e. The number of carbonyl (C=O) groups is 1. The number of aliphatic hydroxyl groups is 1. The van der Waals surface area contributed by atoms with Crippen molar-refractivity contribution in [3.05, 3.63) is 0 Å². The van der Waals surface area contributed by atoms with E-state index in [-0.39, 0.29) is 5.92 Å². The van der Waals surface area contributed by atoms with Crippen molar-refractivity contribution in [2.75, 3.05) is 0 Å². The van der Waals surface area contributed by atoms with E-state index in [4.69, 9.17) is 4.74 Å². The van der Waals surface area contributed by atoms with Gasteiger partial charge in [-0.3, -0.25) is 0 Å². The lowest BCUT2D eigenvalue weighted by Gasteiger charge is -2.33. The first-order chi connectivity index (χ1) is 6.86. The maximum absolute atomic E-state index is 11.4. The summed E-state index contributed by atoms with van der Waals surface area (Å²) in [7, 11) is 0. The highest BCUT2D eigenvalue weighted by molar-refractivity contribution is 5.78. The molecule has 2 saturated carbocycles. The molecule has 0 unspecified atom stereocenters. The number of fused-ring (bicyclic) bond motifs is 2. The van der Waals surface area contributed by atoms with Crippen molar-refractivity contribution in [2.45, 2.75) is 45.3 Å². The molecule has 0 bridgehead atoms. The quantitative estimate of drug-likeness (QED) is 0.614. The fraction of sp³-hybridized carbons (Fsp3) is 0.917. The van der Waals surface area contributed by atoms with Crippen LogP contribution >= 0.6 is 0 Å². The summed E-state index contributed by atoms with van der Waals surface area (Å²) in [6, 6.07) is 0. The van der Waals surface area contributed by atoms with Crippen molar-refractivity contribution in [3.63, 3.8) is 0 Å². The molecule has 3 heteroatoms. The summed E-state index contributed by atoms with van der Waals surface area (Å²) >= 11 is 0. The molecule has 0 aromatic rings. The molecule has 84 valence electrons. The Morgan fingerprint density at radius 2 is 1.93 bits per heavy atom. The lowest BCUT2D eigenvalue weighted by atomic mass is 9.76. The predicted octanol–water partition coefficient (Wildman–Crippen LogP) is 1.34. The van der Waals surface area contributed by atoms with E-state index in [1.165, 1.54) is 0 Å². The number of hydrogen-bond donors (Lipinski definition) is 1. The summed E-state index contributed by atoms with van der Waals surface area (Å²) in [6.45, 7) is 6.54. The zero-order valence-corrected chi connectivity index (χ0v) is 9.49. The Morgan fingerprint density at radius 1 is 1.27 bits per heavy atom. The fourth-order valence-electron chi connectivity index (χ4n) is 3.88. The lowest BCUT2D eigenvalue weighted by molar-refractivity contribution is -0.153. The van der Waals surface area contributed by atoms with Crippen molar-refractivity contribution in [1.82, 2.24) is 0 Å². The van der Waals surface area contributed by atoms with Crippen molar-refractivity contribution in [2.24, 2.45) is 23.2 Å². The van der Waals surface area contributed by atoms with Crippen molar-refractivity contribution < 1.29 is 14.6 Å². The molecule has 0 aromatic carbocycles. The molecule has 15 heavy (non-hydrogen) atoms. The van der Waals surface area contributed by atoms with Gasteiger partial charge in [-0.25, -0.2) is 4.79 Å². The second-order valence-corrected chi connectivity index (χ2v) is 6.26. The lowest BCUT2D eigenvalue weighted by Crippen LogP contribution is -2.39. The van der Waals surface area contributed by atoms with Gasteiger partial charge in [-0.05, 0) is 37.0 Å². The fourth-order valence-corrected chi connectivity index (χ4v) is 3.88. The molecular formula is C12H18O3. The zero-order chi connectivity index (χ0) is 11.0. The van der Waals surface area contributed by atoms with Gasteiger partial charge in [0.05, 0.1) is 0 Å². The third kappa shape index (κ3) is 1.02. The molecule has 1 heterocycles. The Balaban J connectivity index is 1.90. The molecule has 1 saturated heterocycles. The smallest absolute Gasteiger partial charge is 0.335 e. The summed E-state index contributed by atoms with van der Waals surface area (Å²) in [5.74, 6) is 0.964. The topological polar surface area (TPSA) is 46.5 Å². The second-order valence-electron chi connectivity index (χ2n) is 6.26. The van der Waals surface area contributed by atoms with Gasteiger partial charge in [-0.2, -0.15) is 0 Å². The molecule has 3 fully saturated rings. The first-order valence-electron chi connectivity index (χ1n) is 5.77. The van der Waals surface area contributed by atoms with Crippen LogP contribution in [-0.4, -0.2) is 22.8 Å². The van der Waals surface area contributed by atoms with Gasteiger partial charge in [-0.1, -0.05) is 13.8 Å². The van der Waals surface area contributed by atoms with Gasteiger partial charge >= 0.3 is 5.97 Å². The van der Waals surface area contributed by atoms with Crippen LogP contribution in [0.1, 0.15) is 33.6 Å².